The lowest BCUT2D eigenvalue weighted by atomic mass is 9.98. The van der Waals surface area contributed by atoms with Crippen molar-refractivity contribution in [3.8, 4) is 5.75 Å². The van der Waals surface area contributed by atoms with Crippen molar-refractivity contribution in [2.45, 2.75) is 70.6 Å². The molecule has 12 nitrogen and oxygen atoms in total. The van der Waals surface area contributed by atoms with E-state index in [0.717, 1.165) is 12.8 Å². The number of anilines is 1. The monoisotopic (exact) mass is 593 g/mol. The second-order valence-corrected chi connectivity index (χ2v) is 12.0. The predicted molar refractivity (Wildman–Crippen MR) is 149 cm³/mol. The van der Waals surface area contributed by atoms with E-state index in [2.05, 4.69) is 15.2 Å². The van der Waals surface area contributed by atoms with Gasteiger partial charge >= 0.3 is 13.7 Å². The van der Waals surface area contributed by atoms with Gasteiger partial charge in [-0.05, 0) is 44.0 Å². The molecule has 41 heavy (non-hydrogen) atoms. The zero-order chi connectivity index (χ0) is 29.8. The van der Waals surface area contributed by atoms with Crippen molar-refractivity contribution in [2.75, 3.05) is 18.9 Å². The molecule has 1 aliphatic heterocycles. The van der Waals surface area contributed by atoms with E-state index < -0.39 is 50.3 Å². The third-order valence-electron chi connectivity index (χ3n) is 7.23. The minimum absolute atomic E-state index is 0.198. The summed E-state index contributed by atoms with van der Waals surface area (Å²) < 4.78 is 53.6. The fourth-order valence-corrected chi connectivity index (χ4v) is 6.11. The number of esters is 1. The molecule has 14 heteroatoms. The number of aliphatic hydroxyl groups is 1. The van der Waals surface area contributed by atoms with Gasteiger partial charge in [0.05, 0.1) is 18.9 Å². The Morgan fingerprint density at radius 3 is 2.66 bits per heavy atom. The van der Waals surface area contributed by atoms with Crippen LogP contribution >= 0.6 is 7.75 Å². The highest BCUT2D eigenvalue weighted by Gasteiger charge is 2.55. The molecule has 0 spiro atoms. The molecule has 0 bridgehead atoms. The van der Waals surface area contributed by atoms with Crippen LogP contribution in [0.15, 0.2) is 48.8 Å². The zero-order valence-electron chi connectivity index (χ0n) is 23.5. The van der Waals surface area contributed by atoms with Crippen LogP contribution in [0.25, 0.3) is 5.52 Å². The molecule has 1 aromatic carbocycles. The van der Waals surface area contributed by atoms with Crippen molar-refractivity contribution in [2.24, 2.45) is 5.92 Å². The minimum atomic E-state index is -4.29. The molecule has 3 aromatic rings. The number of nitrogens with two attached hydrogens (primary N) is 1. The minimum Gasteiger partial charge on any atom is -0.464 e. The van der Waals surface area contributed by atoms with E-state index in [0.29, 0.717) is 11.2 Å². The summed E-state index contributed by atoms with van der Waals surface area (Å²) >= 11 is 0. The van der Waals surface area contributed by atoms with Crippen molar-refractivity contribution in [1.29, 1.82) is 0 Å². The molecule has 1 unspecified atom stereocenters. The van der Waals surface area contributed by atoms with Crippen molar-refractivity contribution in [1.82, 2.24) is 19.7 Å². The number of halogens is 1. The summed E-state index contributed by atoms with van der Waals surface area (Å²) in [6, 6.07) is 10.4. The smallest absolute Gasteiger partial charge is 0.459 e. The molecule has 1 saturated heterocycles. The molecule has 3 heterocycles. The van der Waals surface area contributed by atoms with Gasteiger partial charge in [-0.3, -0.25) is 9.32 Å². The van der Waals surface area contributed by atoms with E-state index >= 15 is 4.39 Å². The van der Waals surface area contributed by atoms with E-state index in [1.807, 2.05) is 13.8 Å². The van der Waals surface area contributed by atoms with E-state index in [9.17, 15) is 14.5 Å². The van der Waals surface area contributed by atoms with Gasteiger partial charge in [0.15, 0.2) is 12.0 Å². The van der Waals surface area contributed by atoms with Gasteiger partial charge in [-0.15, -0.1) is 0 Å². The zero-order valence-corrected chi connectivity index (χ0v) is 24.4. The van der Waals surface area contributed by atoms with Crippen LogP contribution in [0.2, 0.25) is 0 Å². The third kappa shape index (κ3) is 6.87. The van der Waals surface area contributed by atoms with Gasteiger partial charge in [-0.25, -0.2) is 18.5 Å². The number of carbonyl (C=O) groups is 1. The molecule has 0 radical (unpaired) electrons. The van der Waals surface area contributed by atoms with Gasteiger partial charge in [-0.1, -0.05) is 44.9 Å². The summed E-state index contributed by atoms with van der Waals surface area (Å²) in [6.07, 6.45) is -1.85. The van der Waals surface area contributed by atoms with Crippen molar-refractivity contribution >= 4 is 25.1 Å². The number of nitrogens with one attached hydrogen (secondary N) is 1. The fraction of sp³-hybridized carbons (Fsp3) is 0.519. The van der Waals surface area contributed by atoms with Crippen molar-refractivity contribution < 1.29 is 37.4 Å². The first kappa shape index (κ1) is 30.9. The summed E-state index contributed by atoms with van der Waals surface area (Å²) in [5.41, 5.74) is 5.00. The standard InChI is InChI=1S/C27H37FN5O7P/c1-5-18(6-2)14-37-26(35)17(3)32-41(36,40-19-10-8-7-9-11-19)38-15-27(4)24(34)22(28)23(39-27)20-12-13-21-25(29)30-16-31-33(20)21/h7-13,16-18,22-24,34H,5-6,14-15H2,1-4H3,(H,32,36)(H2,29,30,31)/t17-,22-,23-,24-,27+,41?/m0/s1. The number of nitrogen functional groups attached to an aromatic ring is 1. The second kappa shape index (κ2) is 12.8. The Morgan fingerprint density at radius 1 is 1.27 bits per heavy atom. The first-order valence-electron chi connectivity index (χ1n) is 13.5. The molecule has 0 amide bonds. The van der Waals surface area contributed by atoms with Gasteiger partial charge in [-0.2, -0.15) is 10.2 Å². The Balaban J connectivity index is 1.51. The first-order chi connectivity index (χ1) is 19.5. The van der Waals surface area contributed by atoms with Crippen LogP contribution in [0.4, 0.5) is 10.2 Å². The number of hydrogen-bond donors (Lipinski definition) is 3. The Bertz CT molecular complexity index is 1370. The van der Waals surface area contributed by atoms with Crippen molar-refractivity contribution in [3.05, 3.63) is 54.5 Å². The van der Waals surface area contributed by atoms with Gasteiger partial charge < -0.3 is 24.8 Å². The van der Waals surface area contributed by atoms with Crippen LogP contribution in [0, 0.1) is 5.92 Å². The van der Waals surface area contributed by atoms with Gasteiger partial charge in [0.1, 0.15) is 41.4 Å². The maximum absolute atomic E-state index is 15.5. The predicted octanol–water partition coefficient (Wildman–Crippen LogP) is 4.00. The SMILES string of the molecule is CCC(CC)COC(=O)[C@H](C)NP(=O)(OC[C@@]1(C)O[C@@H](c2ccc3c(N)ncnn23)[C@H](F)[C@@H]1O)Oc1ccccc1. The van der Waals surface area contributed by atoms with Gasteiger partial charge in [0.25, 0.3) is 0 Å². The summed E-state index contributed by atoms with van der Waals surface area (Å²) in [5, 5.41) is 17.6. The number of fused-ring (bicyclic) bond motifs is 1. The first-order valence-corrected chi connectivity index (χ1v) is 15.1. The number of aromatic nitrogens is 3. The number of alkyl halides is 1. The fourth-order valence-electron chi connectivity index (χ4n) is 4.52. The third-order valence-corrected chi connectivity index (χ3v) is 8.85. The molecule has 224 valence electrons. The van der Waals surface area contributed by atoms with Gasteiger partial charge in [0, 0.05) is 0 Å². The summed E-state index contributed by atoms with van der Waals surface area (Å²) in [7, 11) is -4.29. The van der Waals surface area contributed by atoms with E-state index in [4.69, 9.17) is 24.3 Å². The molecule has 0 saturated carbocycles. The highest BCUT2D eigenvalue weighted by atomic mass is 31.2. The quantitative estimate of drug-likeness (QED) is 0.194. The lowest BCUT2D eigenvalue weighted by Gasteiger charge is -2.30. The molecule has 1 fully saturated rings. The van der Waals surface area contributed by atoms with Gasteiger partial charge in [0.2, 0.25) is 0 Å². The number of nitrogens with zero attached hydrogens (tertiary/aromatic N) is 3. The topological polar surface area (TPSA) is 160 Å². The van der Waals surface area contributed by atoms with Crippen LogP contribution in [0.1, 0.15) is 52.3 Å². The number of carbonyl (C=O) groups excluding carboxylic acids is 1. The Hall–Kier alpha value is -3.09. The number of aliphatic hydroxyl groups excluding tert-OH is 1. The molecule has 6 atom stereocenters. The average Bonchev–Trinajstić information content (AvgIpc) is 3.49. The average molecular weight is 594 g/mol. The summed E-state index contributed by atoms with van der Waals surface area (Å²) in [6.45, 7) is 6.61. The maximum Gasteiger partial charge on any atom is 0.459 e. The molecule has 2 aromatic heterocycles. The van der Waals surface area contributed by atoms with Crippen LogP contribution in [0.5, 0.6) is 5.75 Å². The van der Waals surface area contributed by atoms with E-state index in [1.165, 1.54) is 24.7 Å². The molecule has 1 aliphatic rings. The number of benzene rings is 1. The lowest BCUT2D eigenvalue weighted by molar-refractivity contribution is -0.146. The maximum atomic E-state index is 15.5. The Kier molecular flexibility index (Phi) is 9.66. The summed E-state index contributed by atoms with van der Waals surface area (Å²) in [5.74, 6) is -0.0231. The van der Waals surface area contributed by atoms with E-state index in [1.54, 1.807) is 42.5 Å². The normalized spacial score (nSPS) is 24.8. The van der Waals surface area contributed by atoms with Crippen LogP contribution in [-0.4, -0.2) is 62.8 Å². The lowest BCUT2D eigenvalue weighted by Crippen LogP contribution is -2.44. The van der Waals surface area contributed by atoms with Crippen LogP contribution < -0.4 is 15.3 Å². The summed E-state index contributed by atoms with van der Waals surface area (Å²) in [4.78, 5) is 16.6. The molecule has 4 N–H and O–H groups in total. The number of para-hydroxylation sites is 1. The van der Waals surface area contributed by atoms with Crippen molar-refractivity contribution in [3.63, 3.8) is 0 Å². The Morgan fingerprint density at radius 2 is 1.98 bits per heavy atom. The molecular formula is C27H37FN5O7P. The van der Waals surface area contributed by atoms with Crippen LogP contribution in [-0.2, 0) is 23.4 Å². The number of rotatable bonds is 13. The largest absolute Gasteiger partial charge is 0.464 e. The highest BCUT2D eigenvalue weighted by molar-refractivity contribution is 7.52. The molecule has 0 aliphatic carbocycles. The van der Waals surface area contributed by atoms with Crippen LogP contribution in [0.3, 0.4) is 0 Å². The Labute approximate surface area is 237 Å². The van der Waals surface area contributed by atoms with E-state index in [-0.39, 0.29) is 24.1 Å². The highest BCUT2D eigenvalue weighted by Crippen LogP contribution is 2.49. The number of hydrogen-bond acceptors (Lipinski definition) is 10. The number of ether oxygens (including phenoxy) is 2. The molecule has 4 rings (SSSR count). The molecular weight excluding hydrogens is 556 g/mol. The second-order valence-electron chi connectivity index (χ2n) is 10.3.